The summed E-state index contributed by atoms with van der Waals surface area (Å²) in [5, 5.41) is 9.08. The molecule has 0 unspecified atom stereocenters. The van der Waals surface area contributed by atoms with Gasteiger partial charge in [-0.1, -0.05) is 0 Å². The molecule has 2 fully saturated rings. The minimum absolute atomic E-state index is 0.135. The van der Waals surface area contributed by atoms with Crippen LogP contribution in [0, 0.1) is 0 Å². The first-order valence-electron chi connectivity index (χ1n) is 5.59. The quantitative estimate of drug-likeness (QED) is 0.593. The molecule has 2 rings (SSSR count). The lowest BCUT2D eigenvalue weighted by Crippen LogP contribution is -2.56. The summed E-state index contributed by atoms with van der Waals surface area (Å²) in [5.41, 5.74) is 5.79. The molecule has 2 saturated heterocycles. The second-order valence-electron chi connectivity index (χ2n) is 4.57. The molecule has 0 saturated carbocycles. The van der Waals surface area contributed by atoms with Crippen LogP contribution in [0.25, 0.3) is 0 Å². The first kappa shape index (κ1) is 10.9. The van der Waals surface area contributed by atoms with Crippen molar-refractivity contribution in [1.82, 2.24) is 9.80 Å². The van der Waals surface area contributed by atoms with Gasteiger partial charge in [-0.25, -0.2) is 0 Å². The van der Waals surface area contributed by atoms with E-state index in [9.17, 15) is 4.79 Å². The first-order chi connectivity index (χ1) is 7.15. The van der Waals surface area contributed by atoms with Crippen LogP contribution >= 0.6 is 0 Å². The Labute approximate surface area is 89.8 Å². The van der Waals surface area contributed by atoms with E-state index in [2.05, 4.69) is 4.90 Å². The predicted molar refractivity (Wildman–Crippen MR) is 56.2 cm³/mol. The van der Waals surface area contributed by atoms with Crippen molar-refractivity contribution in [3.05, 3.63) is 0 Å². The third kappa shape index (κ3) is 2.68. The van der Waals surface area contributed by atoms with Crippen molar-refractivity contribution < 1.29 is 9.90 Å². The average Bonchev–Trinajstić information content (AvgIpc) is 2.17. The Balaban J connectivity index is 1.70. The topological polar surface area (TPSA) is 69.8 Å². The Kier molecular flexibility index (Phi) is 3.23. The molecule has 86 valence electrons. The van der Waals surface area contributed by atoms with Crippen molar-refractivity contribution >= 4 is 5.91 Å². The molecule has 0 atom stereocenters. The fraction of sp³-hybridized carbons (Fsp3) is 0.900. The fourth-order valence-corrected chi connectivity index (χ4v) is 2.06. The van der Waals surface area contributed by atoms with Gasteiger partial charge in [-0.2, -0.15) is 0 Å². The molecule has 15 heavy (non-hydrogen) atoms. The molecule has 5 heteroatoms. The van der Waals surface area contributed by atoms with Gasteiger partial charge in [-0.15, -0.1) is 0 Å². The van der Waals surface area contributed by atoms with E-state index >= 15 is 0 Å². The molecule has 5 nitrogen and oxygen atoms in total. The highest BCUT2D eigenvalue weighted by molar-refractivity contribution is 5.79. The maximum absolute atomic E-state index is 11.7. The Hall–Kier alpha value is -0.650. The minimum atomic E-state index is -0.302. The Morgan fingerprint density at radius 1 is 1.33 bits per heavy atom. The average molecular weight is 213 g/mol. The second-order valence-corrected chi connectivity index (χ2v) is 4.57. The standard InChI is InChI=1S/C10H19N3O2/c11-8-1-3-12(4-2-8)7-10(15)13-5-9(14)6-13/h8-9,14H,1-7,11H2. The van der Waals surface area contributed by atoms with Gasteiger partial charge in [0.1, 0.15) is 0 Å². The number of hydrogen-bond acceptors (Lipinski definition) is 4. The van der Waals surface area contributed by atoms with E-state index in [1.54, 1.807) is 4.90 Å². The Morgan fingerprint density at radius 3 is 2.47 bits per heavy atom. The highest BCUT2D eigenvalue weighted by Gasteiger charge is 2.30. The van der Waals surface area contributed by atoms with Gasteiger partial charge in [0.25, 0.3) is 0 Å². The third-order valence-electron chi connectivity index (χ3n) is 3.21. The highest BCUT2D eigenvalue weighted by Crippen LogP contribution is 2.11. The van der Waals surface area contributed by atoms with Gasteiger partial charge in [-0.05, 0) is 12.8 Å². The van der Waals surface area contributed by atoms with Crippen molar-refractivity contribution in [2.75, 3.05) is 32.7 Å². The van der Waals surface area contributed by atoms with E-state index < -0.39 is 0 Å². The van der Waals surface area contributed by atoms with Gasteiger partial charge in [0.2, 0.25) is 5.91 Å². The van der Waals surface area contributed by atoms with E-state index in [0.29, 0.717) is 25.7 Å². The summed E-state index contributed by atoms with van der Waals surface area (Å²) in [6.07, 6.45) is 1.66. The van der Waals surface area contributed by atoms with E-state index in [-0.39, 0.29) is 12.0 Å². The number of amides is 1. The lowest BCUT2D eigenvalue weighted by atomic mass is 10.1. The van der Waals surface area contributed by atoms with Crippen LogP contribution in [0.2, 0.25) is 0 Å². The molecule has 2 aliphatic heterocycles. The molecule has 0 spiro atoms. The number of piperidine rings is 1. The molecule has 1 amide bonds. The molecule has 0 aromatic heterocycles. The summed E-state index contributed by atoms with van der Waals surface area (Å²) >= 11 is 0. The summed E-state index contributed by atoms with van der Waals surface area (Å²) in [7, 11) is 0. The van der Waals surface area contributed by atoms with Crippen molar-refractivity contribution in [3.63, 3.8) is 0 Å². The number of aliphatic hydroxyl groups is 1. The number of β-amino-alcohol motifs (C(OH)–C–C–N with tert-alkyl or cyclic N) is 1. The van der Waals surface area contributed by atoms with Crippen LogP contribution < -0.4 is 5.73 Å². The molecule has 0 aromatic rings. The molecule has 0 aliphatic carbocycles. The number of nitrogens with two attached hydrogens (primary N) is 1. The SMILES string of the molecule is NC1CCN(CC(=O)N2CC(O)C2)CC1. The first-order valence-corrected chi connectivity index (χ1v) is 5.59. The van der Waals surface area contributed by atoms with Crippen molar-refractivity contribution in [2.45, 2.75) is 25.0 Å². The number of hydrogen-bond donors (Lipinski definition) is 2. The lowest BCUT2D eigenvalue weighted by Gasteiger charge is -2.38. The number of aliphatic hydroxyl groups excluding tert-OH is 1. The predicted octanol–water partition coefficient (Wildman–Crippen LogP) is -1.39. The second kappa shape index (κ2) is 4.47. The normalized spacial score (nSPS) is 25.3. The van der Waals surface area contributed by atoms with Gasteiger partial charge in [0, 0.05) is 32.2 Å². The zero-order chi connectivity index (χ0) is 10.8. The minimum Gasteiger partial charge on any atom is -0.389 e. The summed E-state index contributed by atoms with van der Waals surface area (Å²) in [6, 6.07) is 0.308. The number of carbonyl (C=O) groups is 1. The van der Waals surface area contributed by atoms with Gasteiger partial charge in [-0.3, -0.25) is 9.69 Å². The molecule has 0 bridgehead atoms. The zero-order valence-corrected chi connectivity index (χ0v) is 8.93. The van der Waals surface area contributed by atoms with Crippen LogP contribution in [-0.2, 0) is 4.79 Å². The molecular weight excluding hydrogens is 194 g/mol. The maximum atomic E-state index is 11.7. The third-order valence-corrected chi connectivity index (χ3v) is 3.21. The highest BCUT2D eigenvalue weighted by atomic mass is 16.3. The summed E-state index contributed by atoms with van der Waals surface area (Å²) in [4.78, 5) is 15.5. The molecule has 2 aliphatic rings. The van der Waals surface area contributed by atoms with E-state index in [1.807, 2.05) is 0 Å². The van der Waals surface area contributed by atoms with E-state index in [1.165, 1.54) is 0 Å². The van der Waals surface area contributed by atoms with E-state index in [4.69, 9.17) is 10.8 Å². The molecule has 0 aromatic carbocycles. The number of nitrogens with zero attached hydrogens (tertiary/aromatic N) is 2. The largest absolute Gasteiger partial charge is 0.389 e. The molecule has 0 radical (unpaired) electrons. The van der Waals surface area contributed by atoms with Gasteiger partial charge in [0.15, 0.2) is 0 Å². The van der Waals surface area contributed by atoms with Crippen molar-refractivity contribution in [3.8, 4) is 0 Å². The molecule has 2 heterocycles. The van der Waals surface area contributed by atoms with Crippen molar-refractivity contribution in [2.24, 2.45) is 5.73 Å². The monoisotopic (exact) mass is 213 g/mol. The van der Waals surface area contributed by atoms with Crippen LogP contribution in [0.5, 0.6) is 0 Å². The molecule has 3 N–H and O–H groups in total. The van der Waals surface area contributed by atoms with Crippen LogP contribution in [0.15, 0.2) is 0 Å². The number of carbonyl (C=O) groups excluding carboxylic acids is 1. The lowest BCUT2D eigenvalue weighted by molar-refractivity contribution is -0.142. The van der Waals surface area contributed by atoms with Crippen LogP contribution in [-0.4, -0.2) is 65.7 Å². The molecular formula is C10H19N3O2. The van der Waals surface area contributed by atoms with Crippen LogP contribution in [0.4, 0.5) is 0 Å². The fourth-order valence-electron chi connectivity index (χ4n) is 2.06. The van der Waals surface area contributed by atoms with Gasteiger partial charge >= 0.3 is 0 Å². The summed E-state index contributed by atoms with van der Waals surface area (Å²) < 4.78 is 0. The number of likely N-dealkylation sites (tertiary alicyclic amines) is 2. The zero-order valence-electron chi connectivity index (χ0n) is 8.93. The van der Waals surface area contributed by atoms with Crippen molar-refractivity contribution in [1.29, 1.82) is 0 Å². The van der Waals surface area contributed by atoms with E-state index in [0.717, 1.165) is 25.9 Å². The Bertz CT molecular complexity index is 233. The van der Waals surface area contributed by atoms with Gasteiger partial charge in [0.05, 0.1) is 12.6 Å². The smallest absolute Gasteiger partial charge is 0.236 e. The number of rotatable bonds is 2. The van der Waals surface area contributed by atoms with Crippen LogP contribution in [0.3, 0.4) is 0 Å². The van der Waals surface area contributed by atoms with Crippen LogP contribution in [0.1, 0.15) is 12.8 Å². The summed E-state index contributed by atoms with van der Waals surface area (Å²) in [6.45, 7) is 3.34. The van der Waals surface area contributed by atoms with Gasteiger partial charge < -0.3 is 15.7 Å². The summed E-state index contributed by atoms with van der Waals surface area (Å²) in [5.74, 6) is 0.135. The maximum Gasteiger partial charge on any atom is 0.236 e. The Morgan fingerprint density at radius 2 is 1.93 bits per heavy atom.